The van der Waals surface area contributed by atoms with E-state index in [1.54, 1.807) is 0 Å². The number of hydrogen-bond acceptors (Lipinski definition) is 6. The summed E-state index contributed by atoms with van der Waals surface area (Å²) in [5.74, 6) is -1.59. The van der Waals surface area contributed by atoms with Gasteiger partial charge in [-0.3, -0.25) is 9.59 Å². The average Bonchev–Trinajstić information content (AvgIpc) is 3.18. The predicted molar refractivity (Wildman–Crippen MR) is 242 cm³/mol. The number of rotatable bonds is 37. The number of quaternary nitrogens is 1. The third kappa shape index (κ3) is 37.6. The summed E-state index contributed by atoms with van der Waals surface area (Å²) in [4.78, 5) is 37.0. The number of nitrogens with zero attached hydrogens (tertiary/aromatic N) is 1. The first-order valence-electron chi connectivity index (χ1n) is 21.9. The molecule has 0 spiro atoms. The van der Waals surface area contributed by atoms with Crippen molar-refractivity contribution in [1.82, 2.24) is 0 Å². The minimum absolute atomic E-state index is 0.0258. The van der Waals surface area contributed by atoms with Crippen molar-refractivity contribution in [2.75, 3.05) is 41.0 Å². The van der Waals surface area contributed by atoms with Gasteiger partial charge in [-0.05, 0) is 89.9 Å². The molecule has 0 saturated heterocycles. The maximum atomic E-state index is 12.7. The third-order valence-electron chi connectivity index (χ3n) is 8.92. The van der Waals surface area contributed by atoms with Crippen LogP contribution in [0.1, 0.15) is 136 Å². The number of ether oxygens (including phenoxy) is 3. The summed E-state index contributed by atoms with van der Waals surface area (Å²) in [5, 5.41) is 9.62. The Morgan fingerprint density at radius 3 is 1.38 bits per heavy atom. The Balaban J connectivity index is 4.50. The molecule has 326 valence electrons. The first-order chi connectivity index (χ1) is 28.1. The molecule has 0 amide bonds. The topological polar surface area (TPSA) is 99.1 Å². The summed E-state index contributed by atoms with van der Waals surface area (Å²) in [7, 11) is 5.48. The highest BCUT2D eigenvalue weighted by molar-refractivity contribution is 5.72. The molecule has 0 aromatic heterocycles. The molecule has 8 nitrogen and oxygen atoms in total. The van der Waals surface area contributed by atoms with Crippen molar-refractivity contribution in [3.05, 3.63) is 109 Å². The number of hydrogen-bond donors (Lipinski definition) is 1. The zero-order valence-electron chi connectivity index (χ0n) is 36.9. The van der Waals surface area contributed by atoms with E-state index in [4.69, 9.17) is 14.2 Å². The first-order valence-corrected chi connectivity index (χ1v) is 21.9. The van der Waals surface area contributed by atoms with E-state index < -0.39 is 18.1 Å². The minimum atomic E-state index is -0.892. The van der Waals surface area contributed by atoms with E-state index in [0.29, 0.717) is 12.8 Å². The first kappa shape index (κ1) is 54.0. The van der Waals surface area contributed by atoms with Crippen molar-refractivity contribution in [2.24, 2.45) is 0 Å². The SMILES string of the molecule is CC/C=C/C/C=C/C/C=C/C/C=C/C/C=C/C/C=C/CCCC(=O)OCC(COCCC(C(=O)O)[N+](C)(C)C)OC(=O)CCCCCC/C=C/C/C=C/C/C=C/CC. The van der Waals surface area contributed by atoms with Crippen LogP contribution in [-0.2, 0) is 28.6 Å². The molecule has 2 unspecified atom stereocenters. The molecule has 0 radical (unpaired) electrons. The van der Waals surface area contributed by atoms with Gasteiger partial charge in [0.05, 0.1) is 34.4 Å². The maximum Gasteiger partial charge on any atom is 0.362 e. The van der Waals surface area contributed by atoms with Gasteiger partial charge in [0.2, 0.25) is 0 Å². The number of likely N-dealkylation sites (N-methyl/N-ethyl adjacent to an activating group) is 1. The standard InChI is InChI=1S/C50H79NO7/c1-6-8-10-12-14-16-18-20-22-23-24-25-26-27-29-30-32-34-36-38-40-48(52)57-45-46(44-56-43-42-47(50(54)55)51(3,4)5)58-49(53)41-39-37-35-33-31-28-21-19-17-15-13-11-9-7-2/h8-11,14-17,20-22,24-25,27-29,32,34,46-47H,6-7,12-13,18-19,23,26,30-31,33,35-45H2,1-5H3/p+1/b10-8+,11-9+,16-14+,17-15+,22-20+,25-24+,28-21+,29-27+,34-32+. The Labute approximate surface area is 353 Å². The van der Waals surface area contributed by atoms with Crippen LogP contribution in [0.15, 0.2) is 109 Å². The average molecular weight is 807 g/mol. The van der Waals surface area contributed by atoms with Crippen molar-refractivity contribution in [3.8, 4) is 0 Å². The van der Waals surface area contributed by atoms with E-state index in [1.165, 1.54) is 0 Å². The number of unbranched alkanes of at least 4 members (excludes halogenated alkanes) is 5. The Bertz CT molecular complexity index is 1310. The van der Waals surface area contributed by atoms with E-state index in [2.05, 4.69) is 123 Å². The molecule has 0 fully saturated rings. The molecule has 8 heteroatoms. The highest BCUT2D eigenvalue weighted by atomic mass is 16.6. The van der Waals surface area contributed by atoms with Crippen LogP contribution in [0.25, 0.3) is 0 Å². The molecule has 0 aromatic rings. The summed E-state index contributed by atoms with van der Waals surface area (Å²) >= 11 is 0. The van der Waals surface area contributed by atoms with E-state index in [9.17, 15) is 19.5 Å². The molecule has 1 N–H and O–H groups in total. The van der Waals surface area contributed by atoms with Gasteiger partial charge < -0.3 is 23.8 Å². The molecule has 0 rings (SSSR count). The van der Waals surface area contributed by atoms with Gasteiger partial charge >= 0.3 is 17.9 Å². The monoisotopic (exact) mass is 807 g/mol. The van der Waals surface area contributed by atoms with Crippen molar-refractivity contribution in [1.29, 1.82) is 0 Å². The van der Waals surface area contributed by atoms with Gasteiger partial charge in [0.25, 0.3) is 0 Å². The Morgan fingerprint density at radius 2 is 0.931 bits per heavy atom. The fourth-order valence-electron chi connectivity index (χ4n) is 5.59. The normalized spacial score (nSPS) is 14.0. The maximum absolute atomic E-state index is 12.7. The van der Waals surface area contributed by atoms with Crippen LogP contribution in [0.5, 0.6) is 0 Å². The van der Waals surface area contributed by atoms with Crippen molar-refractivity contribution >= 4 is 17.9 Å². The van der Waals surface area contributed by atoms with E-state index in [0.717, 1.165) is 96.3 Å². The van der Waals surface area contributed by atoms with E-state index in [1.807, 2.05) is 21.1 Å². The van der Waals surface area contributed by atoms with Crippen LogP contribution in [0.4, 0.5) is 0 Å². The fraction of sp³-hybridized carbons (Fsp3) is 0.580. The molecule has 0 aliphatic heterocycles. The van der Waals surface area contributed by atoms with Crippen molar-refractivity contribution in [2.45, 2.75) is 148 Å². The van der Waals surface area contributed by atoms with Crippen LogP contribution >= 0.6 is 0 Å². The number of carbonyl (C=O) groups excluding carboxylic acids is 2. The lowest BCUT2D eigenvalue weighted by atomic mass is 10.1. The third-order valence-corrected chi connectivity index (χ3v) is 8.92. The van der Waals surface area contributed by atoms with Gasteiger partial charge in [-0.1, -0.05) is 136 Å². The van der Waals surface area contributed by atoms with Crippen LogP contribution in [0.3, 0.4) is 0 Å². The molecule has 0 aliphatic rings. The van der Waals surface area contributed by atoms with Crippen LogP contribution in [0, 0.1) is 0 Å². The highest BCUT2D eigenvalue weighted by Crippen LogP contribution is 2.11. The summed E-state index contributed by atoms with van der Waals surface area (Å²) < 4.78 is 17.2. The fourth-order valence-corrected chi connectivity index (χ4v) is 5.59. The molecule has 2 atom stereocenters. The second kappa shape index (κ2) is 39.8. The summed E-state index contributed by atoms with van der Waals surface area (Å²) in [6.45, 7) is 4.39. The van der Waals surface area contributed by atoms with E-state index in [-0.39, 0.29) is 49.1 Å². The molecular formula is C50H80NO7+. The molecule has 0 heterocycles. The smallest absolute Gasteiger partial charge is 0.362 e. The van der Waals surface area contributed by atoms with Gasteiger partial charge in [-0.25, -0.2) is 4.79 Å². The lowest BCUT2D eigenvalue weighted by Crippen LogP contribution is -2.50. The summed E-state index contributed by atoms with van der Waals surface area (Å²) in [5.41, 5.74) is 0. The number of carboxylic acids is 1. The van der Waals surface area contributed by atoms with Gasteiger partial charge in [-0.2, -0.15) is 0 Å². The highest BCUT2D eigenvalue weighted by Gasteiger charge is 2.31. The predicted octanol–water partition coefficient (Wildman–Crippen LogP) is 12.1. The molecule has 0 aliphatic carbocycles. The summed E-state index contributed by atoms with van der Waals surface area (Å²) in [6.07, 6.45) is 54.3. The largest absolute Gasteiger partial charge is 0.477 e. The quantitative estimate of drug-likeness (QED) is 0.0289. The minimum Gasteiger partial charge on any atom is -0.477 e. The van der Waals surface area contributed by atoms with Crippen LogP contribution in [0.2, 0.25) is 0 Å². The lowest BCUT2D eigenvalue weighted by molar-refractivity contribution is -0.887. The zero-order chi connectivity index (χ0) is 42.8. The Kier molecular flexibility index (Phi) is 37.0. The number of carboxylic acid groups (broad SMARTS) is 1. The number of allylic oxidation sites excluding steroid dienone is 18. The van der Waals surface area contributed by atoms with Gasteiger partial charge in [0.15, 0.2) is 12.1 Å². The lowest BCUT2D eigenvalue weighted by Gasteiger charge is -2.31. The second-order valence-corrected chi connectivity index (χ2v) is 15.2. The molecule has 58 heavy (non-hydrogen) atoms. The Hall–Kier alpha value is -4.01. The van der Waals surface area contributed by atoms with Gasteiger partial charge in [-0.15, -0.1) is 0 Å². The zero-order valence-corrected chi connectivity index (χ0v) is 36.9. The van der Waals surface area contributed by atoms with Gasteiger partial charge in [0, 0.05) is 19.3 Å². The molecular weight excluding hydrogens is 727 g/mol. The van der Waals surface area contributed by atoms with Crippen LogP contribution in [-0.4, -0.2) is 80.6 Å². The van der Waals surface area contributed by atoms with E-state index >= 15 is 0 Å². The second-order valence-electron chi connectivity index (χ2n) is 15.2. The summed E-state index contributed by atoms with van der Waals surface area (Å²) in [6, 6.07) is -0.634. The molecule has 0 bridgehead atoms. The van der Waals surface area contributed by atoms with Crippen LogP contribution < -0.4 is 0 Å². The number of aliphatic carboxylic acids is 1. The van der Waals surface area contributed by atoms with Crippen molar-refractivity contribution in [3.63, 3.8) is 0 Å². The van der Waals surface area contributed by atoms with Gasteiger partial charge in [0.1, 0.15) is 6.61 Å². The number of carbonyl (C=O) groups is 3. The Morgan fingerprint density at radius 1 is 0.517 bits per heavy atom. The van der Waals surface area contributed by atoms with Crippen molar-refractivity contribution < 1.29 is 38.2 Å². The molecule has 0 aromatic carbocycles. The number of esters is 2. The molecule has 0 saturated carbocycles.